The summed E-state index contributed by atoms with van der Waals surface area (Å²) in [4.78, 5) is 15.6. The summed E-state index contributed by atoms with van der Waals surface area (Å²) in [6.45, 7) is 0.875. The van der Waals surface area contributed by atoms with Gasteiger partial charge in [-0.05, 0) is 25.1 Å². The number of hydrogen-bond donors (Lipinski definition) is 2. The number of carbonyl (C=O) groups is 1. The number of hydrogen-bond acceptors (Lipinski definition) is 4. The highest BCUT2D eigenvalue weighted by molar-refractivity contribution is 6.36. The van der Waals surface area contributed by atoms with Crippen LogP contribution in [0.4, 0.5) is 18.0 Å². The largest absolute Gasteiger partial charge is 0.485 e. The van der Waals surface area contributed by atoms with E-state index in [1.54, 1.807) is 6.92 Å². The van der Waals surface area contributed by atoms with Crippen molar-refractivity contribution in [2.24, 2.45) is 5.84 Å². The van der Waals surface area contributed by atoms with Gasteiger partial charge >= 0.3 is 6.03 Å². The Balaban J connectivity index is 2.29. The number of carbonyl (C=O) groups excluding carboxylic acids is 1. The molecule has 1 aromatic carbocycles. The Morgan fingerprint density at radius 2 is 2.07 bits per heavy atom. The first kappa shape index (κ1) is 22.1. The van der Waals surface area contributed by atoms with Crippen molar-refractivity contribution in [1.29, 1.82) is 0 Å². The zero-order valence-electron chi connectivity index (χ0n) is 14.7. The Labute approximate surface area is 169 Å². The molecule has 0 spiro atoms. The summed E-state index contributed by atoms with van der Waals surface area (Å²) >= 11 is 12.0. The highest BCUT2D eigenvalue weighted by atomic mass is 35.5. The molecule has 6 nitrogen and oxygen atoms in total. The molecule has 3 N–H and O–H groups in total. The average molecular weight is 437 g/mol. The van der Waals surface area contributed by atoms with Crippen molar-refractivity contribution in [3.8, 4) is 16.9 Å². The number of rotatable bonds is 7. The molecule has 1 heterocycles. The van der Waals surface area contributed by atoms with Gasteiger partial charge in [-0.15, -0.1) is 0 Å². The smallest absolute Gasteiger partial charge is 0.331 e. The number of aromatic nitrogens is 1. The normalized spacial score (nSPS) is 10.9. The maximum absolute atomic E-state index is 14.4. The van der Waals surface area contributed by atoms with E-state index < -0.39 is 24.9 Å². The number of alkyl halides is 2. The van der Waals surface area contributed by atoms with E-state index in [0.717, 1.165) is 11.1 Å². The first-order valence-corrected chi connectivity index (χ1v) is 8.83. The van der Waals surface area contributed by atoms with Crippen molar-refractivity contribution < 1.29 is 22.7 Å². The molecular formula is C17H17Cl2F3N4O2. The molecular weight excluding hydrogens is 420 g/mol. The molecule has 0 aliphatic rings. The van der Waals surface area contributed by atoms with E-state index in [-0.39, 0.29) is 45.7 Å². The third kappa shape index (κ3) is 5.63. The van der Waals surface area contributed by atoms with Crippen LogP contribution >= 0.6 is 23.2 Å². The van der Waals surface area contributed by atoms with Gasteiger partial charge in [-0.2, -0.15) is 0 Å². The van der Waals surface area contributed by atoms with Crippen molar-refractivity contribution >= 4 is 29.2 Å². The molecule has 0 aliphatic carbocycles. The van der Waals surface area contributed by atoms with Crippen LogP contribution in [0.1, 0.15) is 12.6 Å². The number of nitrogens with zero attached hydrogens (tertiary/aromatic N) is 2. The van der Waals surface area contributed by atoms with E-state index in [1.807, 2.05) is 0 Å². The fourth-order valence-electron chi connectivity index (χ4n) is 2.22. The van der Waals surface area contributed by atoms with Crippen molar-refractivity contribution in [1.82, 2.24) is 15.3 Å². The molecule has 0 bridgehead atoms. The van der Waals surface area contributed by atoms with Gasteiger partial charge in [-0.25, -0.2) is 23.8 Å². The second-order valence-corrected chi connectivity index (χ2v) is 6.41. The van der Waals surface area contributed by atoms with Crippen molar-refractivity contribution in [3.05, 3.63) is 46.0 Å². The molecule has 11 heteroatoms. The quantitative estimate of drug-likeness (QED) is 0.386. The van der Waals surface area contributed by atoms with Crippen molar-refractivity contribution in [2.45, 2.75) is 19.9 Å². The van der Waals surface area contributed by atoms with Crippen LogP contribution in [0.3, 0.4) is 0 Å². The summed E-state index contributed by atoms with van der Waals surface area (Å²) in [7, 11) is 0. The fraction of sp³-hybridized carbons (Fsp3) is 0.294. The number of nitrogens with one attached hydrogen (secondary N) is 1. The molecule has 2 rings (SSSR count). The first-order chi connectivity index (χ1) is 13.2. The molecule has 0 unspecified atom stereocenters. The van der Waals surface area contributed by atoms with Gasteiger partial charge in [-0.1, -0.05) is 23.2 Å². The predicted octanol–water partition coefficient (Wildman–Crippen LogP) is 4.24. The average Bonchev–Trinajstić information content (AvgIpc) is 2.64. The van der Waals surface area contributed by atoms with Crippen LogP contribution in [0, 0.1) is 5.82 Å². The Bertz CT molecular complexity index is 855. The van der Waals surface area contributed by atoms with Crippen LogP contribution in [-0.4, -0.2) is 35.6 Å². The number of pyridine rings is 1. The van der Waals surface area contributed by atoms with Crippen molar-refractivity contribution in [2.75, 3.05) is 13.2 Å². The van der Waals surface area contributed by atoms with Crippen LogP contribution < -0.4 is 15.9 Å². The van der Waals surface area contributed by atoms with E-state index in [0.29, 0.717) is 0 Å². The van der Waals surface area contributed by atoms with Crippen LogP contribution in [0.15, 0.2) is 24.4 Å². The van der Waals surface area contributed by atoms with E-state index in [9.17, 15) is 18.0 Å². The maximum atomic E-state index is 14.4. The van der Waals surface area contributed by atoms with Gasteiger partial charge in [0.15, 0.2) is 0 Å². The monoisotopic (exact) mass is 436 g/mol. The number of amides is 2. The molecule has 0 saturated carbocycles. The lowest BCUT2D eigenvalue weighted by molar-refractivity contribution is 0.0822. The van der Waals surface area contributed by atoms with Gasteiger partial charge in [0.05, 0.1) is 17.3 Å². The molecule has 0 radical (unpaired) electrons. The van der Waals surface area contributed by atoms with Gasteiger partial charge in [0.2, 0.25) is 0 Å². The number of nitrogens with two attached hydrogens (primary N) is 1. The number of ether oxygens (including phenoxy) is 1. The third-order valence-electron chi connectivity index (χ3n) is 3.60. The topological polar surface area (TPSA) is 80.5 Å². The lowest BCUT2D eigenvalue weighted by Gasteiger charge is -2.16. The van der Waals surface area contributed by atoms with Gasteiger partial charge in [0.1, 0.15) is 18.2 Å². The first-order valence-electron chi connectivity index (χ1n) is 8.07. The lowest BCUT2D eigenvalue weighted by atomic mass is 10.1. The van der Waals surface area contributed by atoms with Gasteiger partial charge in [0, 0.05) is 28.9 Å². The molecule has 2 amide bonds. The highest BCUT2D eigenvalue weighted by Gasteiger charge is 2.17. The number of benzene rings is 1. The van der Waals surface area contributed by atoms with E-state index in [4.69, 9.17) is 33.8 Å². The van der Waals surface area contributed by atoms with Gasteiger partial charge < -0.3 is 10.1 Å². The molecule has 0 aliphatic heterocycles. The number of hydrazine groups is 1. The molecule has 0 atom stereocenters. The minimum atomic E-state index is -2.72. The van der Waals surface area contributed by atoms with Gasteiger partial charge in [-0.3, -0.25) is 9.99 Å². The minimum absolute atomic E-state index is 0.00232. The molecule has 152 valence electrons. The number of halogens is 5. The molecule has 0 saturated heterocycles. The highest BCUT2D eigenvalue weighted by Crippen LogP contribution is 2.39. The number of urea groups is 1. The lowest BCUT2D eigenvalue weighted by Crippen LogP contribution is -2.44. The van der Waals surface area contributed by atoms with E-state index >= 15 is 0 Å². The summed E-state index contributed by atoms with van der Waals surface area (Å²) in [6.07, 6.45) is -1.42. The second-order valence-electron chi connectivity index (χ2n) is 5.56. The van der Waals surface area contributed by atoms with Crippen LogP contribution in [0.5, 0.6) is 5.75 Å². The SMILES string of the molecule is CCN(N)C(=O)NCc1ncc(-c2cc(Cl)cc(Cl)c2OCC(F)F)cc1F. The van der Waals surface area contributed by atoms with Crippen LogP contribution in [0.25, 0.3) is 11.1 Å². The summed E-state index contributed by atoms with van der Waals surface area (Å²) in [6, 6.07) is 3.26. The predicted molar refractivity (Wildman–Crippen MR) is 100.0 cm³/mol. The molecule has 2 aromatic rings. The summed E-state index contributed by atoms with van der Waals surface area (Å²) in [5.74, 6) is 4.64. The summed E-state index contributed by atoms with van der Waals surface area (Å²) < 4.78 is 44.5. The Hall–Kier alpha value is -2.23. The Kier molecular flexibility index (Phi) is 7.73. The maximum Gasteiger partial charge on any atom is 0.331 e. The fourth-order valence-corrected chi connectivity index (χ4v) is 2.76. The zero-order valence-corrected chi connectivity index (χ0v) is 16.2. The molecule has 28 heavy (non-hydrogen) atoms. The second kappa shape index (κ2) is 9.81. The van der Waals surface area contributed by atoms with Crippen molar-refractivity contribution in [3.63, 3.8) is 0 Å². The third-order valence-corrected chi connectivity index (χ3v) is 4.10. The standard InChI is InChI=1S/C17H17Cl2F3N4O2/c1-2-26(23)17(27)25-7-14-13(20)3-9(6-24-14)11-4-10(18)5-12(19)16(11)28-8-15(21)22/h3-6,15H,2,7-8,23H2,1H3,(H,25,27). The zero-order chi connectivity index (χ0) is 20.8. The van der Waals surface area contributed by atoms with E-state index in [2.05, 4.69) is 10.3 Å². The Morgan fingerprint density at radius 3 is 2.68 bits per heavy atom. The molecule has 0 fully saturated rings. The van der Waals surface area contributed by atoms with Gasteiger partial charge in [0.25, 0.3) is 6.43 Å². The summed E-state index contributed by atoms with van der Waals surface area (Å²) in [5, 5.41) is 3.56. The van der Waals surface area contributed by atoms with Crippen LogP contribution in [0.2, 0.25) is 10.0 Å². The molecule has 1 aromatic heterocycles. The van der Waals surface area contributed by atoms with Crippen LogP contribution in [-0.2, 0) is 6.54 Å². The Morgan fingerprint density at radius 1 is 1.36 bits per heavy atom. The van der Waals surface area contributed by atoms with E-state index in [1.165, 1.54) is 18.3 Å². The summed E-state index contributed by atoms with van der Waals surface area (Å²) in [5.41, 5.74) is 0.388. The minimum Gasteiger partial charge on any atom is -0.485 e.